The van der Waals surface area contributed by atoms with Crippen LogP contribution in [0.5, 0.6) is 0 Å². The molecule has 108 valence electrons. The lowest BCUT2D eigenvalue weighted by Crippen LogP contribution is -2.20. The summed E-state index contributed by atoms with van der Waals surface area (Å²) in [6.07, 6.45) is 19.0. The minimum Gasteiger partial charge on any atom is -0.328 e. The van der Waals surface area contributed by atoms with Crippen LogP contribution in [-0.4, -0.2) is 12.1 Å². The van der Waals surface area contributed by atoms with E-state index in [2.05, 4.69) is 0 Å². The maximum atomic E-state index is 5.80. The van der Waals surface area contributed by atoms with E-state index >= 15 is 0 Å². The molecular formula is C16H34N2. The molecule has 0 bridgehead atoms. The van der Waals surface area contributed by atoms with Crippen molar-refractivity contribution in [3.8, 4) is 0 Å². The average Bonchev–Trinajstić information content (AvgIpc) is 2.30. The monoisotopic (exact) mass is 254 g/mol. The number of nitrogens with two attached hydrogens (primary N) is 2. The number of rotatable bonds is 0. The van der Waals surface area contributed by atoms with Crippen molar-refractivity contribution in [2.75, 3.05) is 0 Å². The van der Waals surface area contributed by atoms with Crippen molar-refractivity contribution in [3.05, 3.63) is 0 Å². The van der Waals surface area contributed by atoms with E-state index in [1.54, 1.807) is 0 Å². The van der Waals surface area contributed by atoms with Gasteiger partial charge in [0.05, 0.1) is 0 Å². The van der Waals surface area contributed by atoms with E-state index in [1.807, 2.05) is 0 Å². The lowest BCUT2D eigenvalue weighted by atomic mass is 9.98. The van der Waals surface area contributed by atoms with Crippen molar-refractivity contribution in [3.63, 3.8) is 0 Å². The third kappa shape index (κ3) is 8.93. The lowest BCUT2D eigenvalue weighted by molar-refractivity contribution is 0.453. The molecule has 2 aliphatic carbocycles. The topological polar surface area (TPSA) is 52.0 Å². The summed E-state index contributed by atoms with van der Waals surface area (Å²) in [6.45, 7) is 0. The molecule has 0 aromatic rings. The van der Waals surface area contributed by atoms with Crippen LogP contribution in [0.1, 0.15) is 89.9 Å². The quantitative estimate of drug-likeness (QED) is 0.683. The van der Waals surface area contributed by atoms with E-state index in [0.29, 0.717) is 12.1 Å². The van der Waals surface area contributed by atoms with Gasteiger partial charge in [-0.05, 0) is 25.7 Å². The molecule has 2 nitrogen and oxygen atoms in total. The van der Waals surface area contributed by atoms with E-state index in [9.17, 15) is 0 Å². The molecule has 0 unspecified atom stereocenters. The number of hydrogen-bond acceptors (Lipinski definition) is 2. The van der Waals surface area contributed by atoms with Gasteiger partial charge in [-0.15, -0.1) is 0 Å². The summed E-state index contributed by atoms with van der Waals surface area (Å²) in [5.41, 5.74) is 11.6. The van der Waals surface area contributed by atoms with E-state index in [0.717, 1.165) is 0 Å². The predicted octanol–water partition coefficient (Wildman–Crippen LogP) is 4.12. The van der Waals surface area contributed by atoms with Crippen LogP contribution in [0.15, 0.2) is 0 Å². The van der Waals surface area contributed by atoms with Crippen molar-refractivity contribution in [1.82, 2.24) is 0 Å². The van der Waals surface area contributed by atoms with Gasteiger partial charge in [-0.1, -0.05) is 64.2 Å². The van der Waals surface area contributed by atoms with Crippen LogP contribution in [-0.2, 0) is 0 Å². The zero-order chi connectivity index (χ0) is 13.1. The zero-order valence-corrected chi connectivity index (χ0v) is 12.2. The molecule has 18 heavy (non-hydrogen) atoms. The molecule has 0 atom stereocenters. The van der Waals surface area contributed by atoms with Crippen LogP contribution in [0.2, 0.25) is 0 Å². The maximum Gasteiger partial charge on any atom is 0.00388 e. The van der Waals surface area contributed by atoms with Gasteiger partial charge in [-0.2, -0.15) is 0 Å². The minimum absolute atomic E-state index is 0.519. The van der Waals surface area contributed by atoms with Crippen LogP contribution in [0.3, 0.4) is 0 Å². The smallest absolute Gasteiger partial charge is 0.00388 e. The van der Waals surface area contributed by atoms with Crippen LogP contribution < -0.4 is 11.5 Å². The molecule has 0 radical (unpaired) electrons. The van der Waals surface area contributed by atoms with Gasteiger partial charge in [-0.25, -0.2) is 0 Å². The Bertz CT molecular complexity index is 146. The zero-order valence-electron chi connectivity index (χ0n) is 12.2. The Morgan fingerprint density at radius 2 is 0.611 bits per heavy atom. The largest absolute Gasteiger partial charge is 0.328 e. The Morgan fingerprint density at radius 1 is 0.389 bits per heavy atom. The van der Waals surface area contributed by atoms with Crippen molar-refractivity contribution in [2.24, 2.45) is 11.5 Å². The lowest BCUT2D eigenvalue weighted by Gasteiger charge is -2.14. The summed E-state index contributed by atoms with van der Waals surface area (Å²) in [7, 11) is 0. The Kier molecular flexibility index (Phi) is 9.59. The second-order valence-corrected chi connectivity index (χ2v) is 6.21. The highest BCUT2D eigenvalue weighted by Gasteiger charge is 2.05. The van der Waals surface area contributed by atoms with E-state index < -0.39 is 0 Å². The molecule has 0 aromatic heterocycles. The molecule has 0 aliphatic heterocycles. The van der Waals surface area contributed by atoms with E-state index in [4.69, 9.17) is 11.5 Å². The van der Waals surface area contributed by atoms with Crippen LogP contribution in [0.4, 0.5) is 0 Å². The first-order chi connectivity index (χ1) is 8.79. The fourth-order valence-electron chi connectivity index (χ4n) is 2.98. The molecular weight excluding hydrogens is 220 g/mol. The third-order valence-corrected chi connectivity index (χ3v) is 4.30. The van der Waals surface area contributed by atoms with Gasteiger partial charge in [0.15, 0.2) is 0 Å². The summed E-state index contributed by atoms with van der Waals surface area (Å²) in [4.78, 5) is 0. The number of hydrogen-bond donors (Lipinski definition) is 2. The first-order valence-corrected chi connectivity index (χ1v) is 8.30. The summed E-state index contributed by atoms with van der Waals surface area (Å²) < 4.78 is 0. The highest BCUT2D eigenvalue weighted by molar-refractivity contribution is 4.65. The fraction of sp³-hybridized carbons (Fsp3) is 1.00. The van der Waals surface area contributed by atoms with Gasteiger partial charge in [0.2, 0.25) is 0 Å². The molecule has 0 amide bonds. The first-order valence-electron chi connectivity index (χ1n) is 8.30. The molecule has 4 N–H and O–H groups in total. The molecule has 2 fully saturated rings. The third-order valence-electron chi connectivity index (χ3n) is 4.30. The summed E-state index contributed by atoms with van der Waals surface area (Å²) >= 11 is 0. The second-order valence-electron chi connectivity index (χ2n) is 6.21. The molecule has 0 heterocycles. The maximum absolute atomic E-state index is 5.80. The molecule has 2 heteroatoms. The summed E-state index contributed by atoms with van der Waals surface area (Å²) in [5.74, 6) is 0. The van der Waals surface area contributed by atoms with Gasteiger partial charge in [0.25, 0.3) is 0 Å². The SMILES string of the molecule is NC1CCCCCCC1.NC1CCCCCCC1. The normalized spacial score (nSPS) is 25.0. The van der Waals surface area contributed by atoms with Crippen molar-refractivity contribution in [1.29, 1.82) is 0 Å². The van der Waals surface area contributed by atoms with Gasteiger partial charge in [0, 0.05) is 12.1 Å². The standard InChI is InChI=1S/2C8H17N/c2*9-8-6-4-2-1-3-5-7-8/h2*8H,1-7,9H2. The Balaban J connectivity index is 0.000000180. The van der Waals surface area contributed by atoms with Crippen LogP contribution in [0.25, 0.3) is 0 Å². The van der Waals surface area contributed by atoms with Gasteiger partial charge < -0.3 is 11.5 Å². The molecule has 0 saturated heterocycles. The van der Waals surface area contributed by atoms with Gasteiger partial charge in [0.1, 0.15) is 0 Å². The highest BCUT2D eigenvalue weighted by atomic mass is 14.6. The minimum atomic E-state index is 0.519. The van der Waals surface area contributed by atoms with Crippen molar-refractivity contribution < 1.29 is 0 Å². The summed E-state index contributed by atoms with van der Waals surface area (Å²) in [5, 5.41) is 0. The molecule has 2 rings (SSSR count). The van der Waals surface area contributed by atoms with Crippen LogP contribution in [0, 0.1) is 0 Å². The Labute approximate surface area is 114 Å². The Hall–Kier alpha value is -0.0800. The van der Waals surface area contributed by atoms with Crippen molar-refractivity contribution >= 4 is 0 Å². The molecule has 2 aliphatic rings. The van der Waals surface area contributed by atoms with E-state index in [-0.39, 0.29) is 0 Å². The van der Waals surface area contributed by atoms with Gasteiger partial charge in [-0.3, -0.25) is 0 Å². The fourth-order valence-corrected chi connectivity index (χ4v) is 2.98. The first kappa shape index (κ1) is 16.0. The van der Waals surface area contributed by atoms with E-state index in [1.165, 1.54) is 89.9 Å². The van der Waals surface area contributed by atoms with Crippen molar-refractivity contribution in [2.45, 2.75) is 102 Å². The van der Waals surface area contributed by atoms with Gasteiger partial charge >= 0.3 is 0 Å². The predicted molar refractivity (Wildman–Crippen MR) is 80.6 cm³/mol. The molecule has 0 aromatic carbocycles. The highest BCUT2D eigenvalue weighted by Crippen LogP contribution is 2.15. The average molecular weight is 254 g/mol. The molecule has 0 spiro atoms. The Morgan fingerprint density at radius 3 is 0.889 bits per heavy atom. The second kappa shape index (κ2) is 10.8. The summed E-state index contributed by atoms with van der Waals surface area (Å²) in [6, 6.07) is 1.04. The molecule has 2 saturated carbocycles. The van der Waals surface area contributed by atoms with Crippen LogP contribution >= 0.6 is 0 Å².